The van der Waals surface area contributed by atoms with E-state index < -0.39 is 30.7 Å². The summed E-state index contributed by atoms with van der Waals surface area (Å²) in [5.74, 6) is -0.388. The molecule has 31 heavy (non-hydrogen) atoms. The Balaban J connectivity index is 1.89. The molecule has 1 heterocycles. The zero-order chi connectivity index (χ0) is 22.9. The van der Waals surface area contributed by atoms with Gasteiger partial charge in [-0.25, -0.2) is 0 Å². The molecule has 1 saturated heterocycles. The number of aliphatic hydroxyl groups is 4. The van der Waals surface area contributed by atoms with Crippen molar-refractivity contribution in [3.63, 3.8) is 0 Å². The maximum absolute atomic E-state index is 11.8. The molecule has 0 bridgehead atoms. The highest BCUT2D eigenvalue weighted by molar-refractivity contribution is 5.69. The van der Waals surface area contributed by atoms with Crippen molar-refractivity contribution in [2.75, 3.05) is 6.61 Å². The van der Waals surface area contributed by atoms with Gasteiger partial charge in [0.05, 0.1) is 0 Å². The van der Waals surface area contributed by atoms with E-state index in [1.165, 1.54) is 77.0 Å². The lowest BCUT2D eigenvalue weighted by Crippen LogP contribution is -2.58. The fraction of sp³-hybridized carbons (Fsp3) is 0.958. The molecule has 1 rings (SSSR count). The van der Waals surface area contributed by atoms with E-state index in [1.807, 2.05) is 0 Å². The number of hydrogen-bond donors (Lipinski definition) is 4. The van der Waals surface area contributed by atoms with Gasteiger partial charge in [-0.1, -0.05) is 96.8 Å². The average Bonchev–Trinajstić information content (AvgIpc) is 2.76. The van der Waals surface area contributed by atoms with Crippen molar-refractivity contribution in [3.8, 4) is 0 Å². The molecule has 7 nitrogen and oxygen atoms in total. The van der Waals surface area contributed by atoms with Crippen molar-refractivity contribution in [1.82, 2.24) is 0 Å². The molecule has 5 atom stereocenters. The van der Waals surface area contributed by atoms with E-state index in [0.717, 1.165) is 19.3 Å². The number of carbonyl (C=O) groups is 1. The van der Waals surface area contributed by atoms with Crippen molar-refractivity contribution >= 4 is 5.97 Å². The second-order valence-electron chi connectivity index (χ2n) is 8.92. The van der Waals surface area contributed by atoms with E-state index in [0.29, 0.717) is 6.42 Å². The topological polar surface area (TPSA) is 116 Å². The molecule has 0 spiro atoms. The zero-order valence-corrected chi connectivity index (χ0v) is 19.4. The molecular formula is C24H46O7. The second-order valence-corrected chi connectivity index (χ2v) is 8.92. The Morgan fingerprint density at radius 3 is 1.61 bits per heavy atom. The number of carbonyl (C=O) groups excluding carboxylic acids is 1. The smallest absolute Gasteiger partial charge is 0.305 e. The SMILES string of the molecule is CCCCCCCCCCCCCCCCCC(=O)OCC1O[C@@H](O)C(O)C(O)[C@@H]1O. The van der Waals surface area contributed by atoms with Gasteiger partial charge in [0, 0.05) is 6.42 Å². The van der Waals surface area contributed by atoms with Crippen molar-refractivity contribution in [2.24, 2.45) is 0 Å². The van der Waals surface area contributed by atoms with Crippen LogP contribution in [0.4, 0.5) is 0 Å². The highest BCUT2D eigenvalue weighted by Crippen LogP contribution is 2.20. The van der Waals surface area contributed by atoms with Crippen LogP contribution in [0.1, 0.15) is 110 Å². The van der Waals surface area contributed by atoms with Gasteiger partial charge in [0.1, 0.15) is 31.0 Å². The molecule has 184 valence electrons. The summed E-state index contributed by atoms with van der Waals surface area (Å²) >= 11 is 0. The minimum absolute atomic E-state index is 0.264. The molecule has 0 aromatic carbocycles. The van der Waals surface area contributed by atoms with Gasteiger partial charge in [0.15, 0.2) is 6.29 Å². The van der Waals surface area contributed by atoms with Gasteiger partial charge in [0.25, 0.3) is 0 Å². The Morgan fingerprint density at radius 2 is 1.13 bits per heavy atom. The monoisotopic (exact) mass is 446 g/mol. The number of esters is 1. The summed E-state index contributed by atoms with van der Waals surface area (Å²) in [4.78, 5) is 11.8. The van der Waals surface area contributed by atoms with Gasteiger partial charge in [-0.15, -0.1) is 0 Å². The fourth-order valence-electron chi connectivity index (χ4n) is 3.96. The summed E-state index contributed by atoms with van der Waals surface area (Å²) < 4.78 is 10.1. The van der Waals surface area contributed by atoms with Crippen LogP contribution in [-0.2, 0) is 14.3 Å². The Kier molecular flexibility index (Phi) is 16.2. The molecule has 4 N–H and O–H groups in total. The Morgan fingerprint density at radius 1 is 0.677 bits per heavy atom. The first kappa shape index (κ1) is 28.3. The molecule has 0 saturated carbocycles. The van der Waals surface area contributed by atoms with E-state index in [9.17, 15) is 25.2 Å². The van der Waals surface area contributed by atoms with Crippen LogP contribution in [-0.4, -0.2) is 63.7 Å². The molecule has 1 fully saturated rings. The third-order valence-electron chi connectivity index (χ3n) is 6.08. The maximum atomic E-state index is 11.8. The summed E-state index contributed by atoms with van der Waals surface area (Å²) in [5.41, 5.74) is 0. The van der Waals surface area contributed by atoms with Gasteiger partial charge in [-0.2, -0.15) is 0 Å². The van der Waals surface area contributed by atoms with Crippen molar-refractivity contribution < 1.29 is 34.7 Å². The first-order chi connectivity index (χ1) is 15.0. The second kappa shape index (κ2) is 17.8. The molecule has 3 unspecified atom stereocenters. The van der Waals surface area contributed by atoms with E-state index in [2.05, 4.69) is 6.92 Å². The maximum Gasteiger partial charge on any atom is 0.305 e. The summed E-state index contributed by atoms with van der Waals surface area (Å²) in [6, 6.07) is 0. The zero-order valence-electron chi connectivity index (χ0n) is 19.4. The standard InChI is InChI=1S/C24H46O7/c1-2-3-4-5-6-7-8-9-10-11-12-13-14-15-16-17-20(25)30-18-19-21(26)22(27)23(28)24(29)31-19/h19,21-24,26-29H,2-18H2,1H3/t19?,21-,22?,23?,24-/m1/s1. The van der Waals surface area contributed by atoms with Gasteiger partial charge < -0.3 is 29.9 Å². The average molecular weight is 447 g/mol. The predicted octanol–water partition coefficient (Wildman–Crippen LogP) is 3.59. The lowest BCUT2D eigenvalue weighted by atomic mass is 9.99. The molecule has 0 aromatic heterocycles. The number of hydrogen-bond acceptors (Lipinski definition) is 7. The molecule has 0 amide bonds. The normalized spacial score (nSPS) is 26.2. The number of rotatable bonds is 18. The van der Waals surface area contributed by atoms with E-state index in [4.69, 9.17) is 9.47 Å². The quantitative estimate of drug-likeness (QED) is 0.188. The van der Waals surface area contributed by atoms with Gasteiger partial charge in [-0.3, -0.25) is 4.79 Å². The van der Waals surface area contributed by atoms with E-state index in [-0.39, 0.29) is 12.6 Å². The Labute approximate surface area is 188 Å². The van der Waals surface area contributed by atoms with Crippen molar-refractivity contribution in [3.05, 3.63) is 0 Å². The third-order valence-corrected chi connectivity index (χ3v) is 6.08. The van der Waals surface area contributed by atoms with Crippen LogP contribution in [0.25, 0.3) is 0 Å². The summed E-state index contributed by atoms with van der Waals surface area (Å²) in [7, 11) is 0. The van der Waals surface area contributed by atoms with Gasteiger partial charge in [0.2, 0.25) is 0 Å². The Bertz CT molecular complexity index is 446. The fourth-order valence-corrected chi connectivity index (χ4v) is 3.96. The summed E-state index contributed by atoms with van der Waals surface area (Å²) in [5, 5.41) is 38.3. The molecule has 7 heteroatoms. The van der Waals surface area contributed by atoms with Crippen molar-refractivity contribution in [1.29, 1.82) is 0 Å². The molecular weight excluding hydrogens is 400 g/mol. The number of unbranched alkanes of at least 4 members (excludes halogenated alkanes) is 14. The van der Waals surface area contributed by atoms with Gasteiger partial charge in [-0.05, 0) is 6.42 Å². The Hall–Kier alpha value is -0.730. The lowest BCUT2D eigenvalue weighted by molar-refractivity contribution is -0.287. The molecule has 0 radical (unpaired) electrons. The van der Waals surface area contributed by atoms with E-state index in [1.54, 1.807) is 0 Å². The minimum atomic E-state index is -1.61. The molecule has 1 aliphatic heterocycles. The molecule has 0 aromatic rings. The first-order valence-electron chi connectivity index (χ1n) is 12.5. The van der Waals surface area contributed by atoms with Crippen LogP contribution in [0.15, 0.2) is 0 Å². The van der Waals surface area contributed by atoms with Crippen LogP contribution < -0.4 is 0 Å². The van der Waals surface area contributed by atoms with Crippen LogP contribution in [0.5, 0.6) is 0 Å². The number of ether oxygens (including phenoxy) is 2. The number of aliphatic hydroxyl groups excluding tert-OH is 4. The highest BCUT2D eigenvalue weighted by Gasteiger charge is 2.43. The van der Waals surface area contributed by atoms with Crippen LogP contribution in [0.3, 0.4) is 0 Å². The van der Waals surface area contributed by atoms with Crippen LogP contribution in [0.2, 0.25) is 0 Å². The largest absolute Gasteiger partial charge is 0.463 e. The van der Waals surface area contributed by atoms with Crippen molar-refractivity contribution in [2.45, 2.75) is 140 Å². The molecule has 1 aliphatic rings. The summed E-state index contributed by atoms with van der Waals surface area (Å²) in [6.07, 6.45) is 12.0. The van der Waals surface area contributed by atoms with Gasteiger partial charge >= 0.3 is 5.97 Å². The minimum Gasteiger partial charge on any atom is -0.463 e. The lowest BCUT2D eigenvalue weighted by Gasteiger charge is -2.37. The summed E-state index contributed by atoms with van der Waals surface area (Å²) in [6.45, 7) is 1.99. The predicted molar refractivity (Wildman–Crippen MR) is 119 cm³/mol. The first-order valence-corrected chi connectivity index (χ1v) is 12.5. The van der Waals surface area contributed by atoms with Crippen LogP contribution in [0, 0.1) is 0 Å². The molecule has 0 aliphatic carbocycles. The van der Waals surface area contributed by atoms with Crippen LogP contribution >= 0.6 is 0 Å². The highest BCUT2D eigenvalue weighted by atomic mass is 16.6. The third kappa shape index (κ3) is 12.8. The van der Waals surface area contributed by atoms with E-state index >= 15 is 0 Å².